The monoisotopic (exact) mass is 206 g/mol. The van der Waals surface area contributed by atoms with Crippen molar-refractivity contribution in [3.05, 3.63) is 36.0 Å². The highest BCUT2D eigenvalue weighted by Gasteiger charge is 2.11. The number of aromatic amines is 1. The molecule has 0 aliphatic rings. The second-order valence-electron chi connectivity index (χ2n) is 3.31. The van der Waals surface area contributed by atoms with E-state index in [1.54, 1.807) is 0 Å². The molecule has 1 unspecified atom stereocenters. The van der Waals surface area contributed by atoms with Crippen LogP contribution in [-0.4, -0.2) is 17.8 Å². The molecule has 1 heterocycles. The van der Waals surface area contributed by atoms with E-state index in [4.69, 9.17) is 0 Å². The predicted octanol–water partition coefficient (Wildman–Crippen LogP) is 2.36. The summed E-state index contributed by atoms with van der Waals surface area (Å²) in [6, 6.07) is 8.64. The number of hydrogen-bond donors (Lipinski definition) is 3. The van der Waals surface area contributed by atoms with Gasteiger partial charge in [0.05, 0.1) is 0 Å². The number of nitrogens with one attached hydrogen (secondary N) is 2. The molecule has 3 heteroatoms. The Morgan fingerprint density at radius 3 is 2.93 bits per heavy atom. The van der Waals surface area contributed by atoms with Crippen LogP contribution in [-0.2, 0) is 0 Å². The van der Waals surface area contributed by atoms with E-state index in [1.165, 1.54) is 16.5 Å². The highest BCUT2D eigenvalue weighted by molar-refractivity contribution is 7.80. The van der Waals surface area contributed by atoms with Gasteiger partial charge < -0.3 is 10.3 Å². The van der Waals surface area contributed by atoms with Crippen LogP contribution in [0.15, 0.2) is 30.5 Å². The van der Waals surface area contributed by atoms with Crippen molar-refractivity contribution >= 4 is 23.5 Å². The Kier molecular flexibility index (Phi) is 2.79. The third-order valence-corrected chi connectivity index (χ3v) is 2.89. The lowest BCUT2D eigenvalue weighted by molar-refractivity contribution is 0.668. The summed E-state index contributed by atoms with van der Waals surface area (Å²) in [5.41, 5.74) is 2.47. The molecule has 0 aliphatic carbocycles. The fourth-order valence-corrected chi connectivity index (χ4v) is 2.11. The predicted molar refractivity (Wildman–Crippen MR) is 64.0 cm³/mol. The molecule has 2 N–H and O–H groups in total. The molecular formula is C11H14N2S. The zero-order valence-electron chi connectivity index (χ0n) is 8.12. The number of benzene rings is 1. The van der Waals surface area contributed by atoms with E-state index in [0.29, 0.717) is 6.04 Å². The van der Waals surface area contributed by atoms with E-state index in [2.05, 4.69) is 47.3 Å². The number of thiol groups is 1. The van der Waals surface area contributed by atoms with E-state index in [0.717, 1.165) is 5.75 Å². The van der Waals surface area contributed by atoms with Crippen molar-refractivity contribution in [3.63, 3.8) is 0 Å². The van der Waals surface area contributed by atoms with Crippen molar-refractivity contribution in [2.75, 3.05) is 12.8 Å². The third kappa shape index (κ3) is 1.53. The normalized spacial score (nSPS) is 13.3. The maximum atomic E-state index is 4.33. The summed E-state index contributed by atoms with van der Waals surface area (Å²) >= 11 is 4.33. The number of hydrogen-bond acceptors (Lipinski definition) is 2. The maximum Gasteiger partial charge on any atom is 0.0457 e. The second-order valence-corrected chi connectivity index (χ2v) is 3.68. The van der Waals surface area contributed by atoms with Crippen molar-refractivity contribution < 1.29 is 0 Å². The molecule has 0 bridgehead atoms. The molecule has 1 aromatic carbocycles. The van der Waals surface area contributed by atoms with E-state index in [-0.39, 0.29) is 0 Å². The molecule has 0 radical (unpaired) electrons. The van der Waals surface area contributed by atoms with Crippen LogP contribution in [0.1, 0.15) is 11.6 Å². The maximum absolute atomic E-state index is 4.33. The van der Waals surface area contributed by atoms with E-state index >= 15 is 0 Å². The lowest BCUT2D eigenvalue weighted by Crippen LogP contribution is -2.17. The molecule has 1 atom stereocenters. The first-order valence-electron chi connectivity index (χ1n) is 4.71. The quantitative estimate of drug-likeness (QED) is 0.661. The Hall–Kier alpha value is -0.930. The summed E-state index contributed by atoms with van der Waals surface area (Å²) in [6.45, 7) is 0. The zero-order chi connectivity index (χ0) is 9.97. The van der Waals surface area contributed by atoms with Gasteiger partial charge in [0.2, 0.25) is 0 Å². The summed E-state index contributed by atoms with van der Waals surface area (Å²) in [5, 5.41) is 4.53. The van der Waals surface area contributed by atoms with Crippen LogP contribution in [0.3, 0.4) is 0 Å². The van der Waals surface area contributed by atoms with Crippen LogP contribution >= 0.6 is 12.6 Å². The fraction of sp³-hybridized carbons (Fsp3) is 0.273. The van der Waals surface area contributed by atoms with Crippen molar-refractivity contribution in [1.82, 2.24) is 10.3 Å². The van der Waals surface area contributed by atoms with Gasteiger partial charge in [-0.1, -0.05) is 18.2 Å². The molecule has 74 valence electrons. The number of para-hydroxylation sites is 1. The van der Waals surface area contributed by atoms with Crippen molar-refractivity contribution in [2.45, 2.75) is 6.04 Å². The van der Waals surface area contributed by atoms with Gasteiger partial charge in [-0.3, -0.25) is 0 Å². The first-order chi connectivity index (χ1) is 6.86. The SMILES string of the molecule is CNC(CS)c1c[nH]c2ccccc12. The van der Waals surface area contributed by atoms with Crippen molar-refractivity contribution in [2.24, 2.45) is 0 Å². The van der Waals surface area contributed by atoms with Gasteiger partial charge >= 0.3 is 0 Å². The minimum Gasteiger partial charge on any atom is -0.361 e. The summed E-state index contributed by atoms with van der Waals surface area (Å²) in [4.78, 5) is 3.26. The fourth-order valence-electron chi connectivity index (χ4n) is 1.73. The highest BCUT2D eigenvalue weighted by atomic mass is 32.1. The summed E-state index contributed by atoms with van der Waals surface area (Å²) in [5.74, 6) is 0.804. The summed E-state index contributed by atoms with van der Waals surface area (Å²) in [6.07, 6.45) is 2.06. The molecule has 0 spiro atoms. The molecule has 2 rings (SSSR count). The Morgan fingerprint density at radius 1 is 1.43 bits per heavy atom. The van der Waals surface area contributed by atoms with Gasteiger partial charge in [-0.15, -0.1) is 0 Å². The average Bonchev–Trinajstić information content (AvgIpc) is 2.65. The van der Waals surface area contributed by atoms with Crippen LogP contribution in [0.2, 0.25) is 0 Å². The minimum absolute atomic E-state index is 0.314. The molecule has 0 aliphatic heterocycles. The number of H-pyrrole nitrogens is 1. The third-order valence-electron chi connectivity index (χ3n) is 2.53. The lowest BCUT2D eigenvalue weighted by Gasteiger charge is -2.11. The Balaban J connectivity index is 2.51. The Morgan fingerprint density at radius 2 is 2.21 bits per heavy atom. The number of fused-ring (bicyclic) bond motifs is 1. The minimum atomic E-state index is 0.314. The van der Waals surface area contributed by atoms with Gasteiger partial charge in [0.15, 0.2) is 0 Å². The average molecular weight is 206 g/mol. The van der Waals surface area contributed by atoms with Crippen LogP contribution in [0.4, 0.5) is 0 Å². The molecule has 0 saturated heterocycles. The summed E-state index contributed by atoms with van der Waals surface area (Å²) in [7, 11) is 1.96. The standard InChI is InChI=1S/C11H14N2S/c1-12-11(7-14)9-6-13-10-5-3-2-4-8(9)10/h2-6,11-14H,7H2,1H3. The highest BCUT2D eigenvalue weighted by Crippen LogP contribution is 2.24. The second kappa shape index (κ2) is 4.07. The molecule has 1 aromatic heterocycles. The van der Waals surface area contributed by atoms with Gasteiger partial charge in [-0.2, -0.15) is 12.6 Å². The van der Waals surface area contributed by atoms with Gasteiger partial charge in [0, 0.05) is 28.9 Å². The number of aromatic nitrogens is 1. The van der Waals surface area contributed by atoms with Gasteiger partial charge in [-0.25, -0.2) is 0 Å². The molecule has 2 nitrogen and oxygen atoms in total. The van der Waals surface area contributed by atoms with Crippen LogP contribution in [0.5, 0.6) is 0 Å². The van der Waals surface area contributed by atoms with Crippen molar-refractivity contribution in [3.8, 4) is 0 Å². The van der Waals surface area contributed by atoms with Crippen LogP contribution in [0, 0.1) is 0 Å². The molecular weight excluding hydrogens is 192 g/mol. The summed E-state index contributed by atoms with van der Waals surface area (Å²) < 4.78 is 0. The smallest absolute Gasteiger partial charge is 0.0457 e. The Labute approximate surface area is 89.1 Å². The van der Waals surface area contributed by atoms with E-state index < -0.39 is 0 Å². The number of rotatable bonds is 3. The Bertz CT molecular complexity index is 418. The molecule has 0 saturated carbocycles. The topological polar surface area (TPSA) is 27.8 Å². The van der Waals surface area contributed by atoms with E-state index in [9.17, 15) is 0 Å². The van der Waals surface area contributed by atoms with Crippen LogP contribution in [0.25, 0.3) is 10.9 Å². The van der Waals surface area contributed by atoms with Gasteiger partial charge in [-0.05, 0) is 18.7 Å². The molecule has 0 amide bonds. The first-order valence-corrected chi connectivity index (χ1v) is 5.34. The lowest BCUT2D eigenvalue weighted by atomic mass is 10.1. The first kappa shape index (κ1) is 9.62. The van der Waals surface area contributed by atoms with Gasteiger partial charge in [0.1, 0.15) is 0 Å². The van der Waals surface area contributed by atoms with Gasteiger partial charge in [0.25, 0.3) is 0 Å². The molecule has 14 heavy (non-hydrogen) atoms. The largest absolute Gasteiger partial charge is 0.361 e. The van der Waals surface area contributed by atoms with Crippen LogP contribution < -0.4 is 5.32 Å². The molecule has 0 fully saturated rings. The van der Waals surface area contributed by atoms with Crippen molar-refractivity contribution in [1.29, 1.82) is 0 Å². The van der Waals surface area contributed by atoms with E-state index in [1.807, 2.05) is 13.1 Å². The zero-order valence-corrected chi connectivity index (χ0v) is 9.01. The molecule has 2 aromatic rings.